The number of alkyl halides is 3. The van der Waals surface area contributed by atoms with E-state index >= 15 is 0 Å². The second-order valence-corrected chi connectivity index (χ2v) is 3.83. The van der Waals surface area contributed by atoms with E-state index in [1.807, 2.05) is 0 Å². The lowest BCUT2D eigenvalue weighted by Gasteiger charge is -2.12. The summed E-state index contributed by atoms with van der Waals surface area (Å²) in [6, 6.07) is 0.363. The summed E-state index contributed by atoms with van der Waals surface area (Å²) in [5, 5.41) is 5.68. The van der Waals surface area contributed by atoms with Crippen LogP contribution in [0.5, 0.6) is 0 Å². The Bertz CT molecular complexity index is 243. The van der Waals surface area contributed by atoms with E-state index in [2.05, 4.69) is 22.5 Å². The molecule has 1 aliphatic carbocycles. The largest absolute Gasteiger partial charge is 0.390 e. The third-order valence-electron chi connectivity index (χ3n) is 2.36. The first kappa shape index (κ1) is 15.8. The lowest BCUT2D eigenvalue weighted by atomic mass is 10.4. The van der Waals surface area contributed by atoms with Gasteiger partial charge in [-0.3, -0.25) is 4.99 Å². The molecule has 1 fully saturated rings. The molecule has 2 N–H and O–H groups in total. The van der Waals surface area contributed by atoms with Crippen LogP contribution in [0.1, 0.15) is 19.8 Å². The second kappa shape index (κ2) is 6.51. The Morgan fingerprint density at radius 2 is 2.00 bits per heavy atom. The zero-order valence-corrected chi connectivity index (χ0v) is 11.6. The molecule has 1 rings (SSSR count). The van der Waals surface area contributed by atoms with E-state index < -0.39 is 12.6 Å². The fourth-order valence-corrected chi connectivity index (χ4v) is 1.22. The maximum atomic E-state index is 11.8. The molecule has 96 valence electrons. The highest BCUT2D eigenvalue weighted by atomic mass is 127. The first-order valence-electron chi connectivity index (χ1n) is 4.96. The molecular weight excluding hydrogens is 334 g/mol. The maximum Gasteiger partial charge on any atom is 0.390 e. The SMILES string of the molecule is CN=C(NCCC(F)(F)F)NC1CC1C.I. The average molecular weight is 351 g/mol. The van der Waals surface area contributed by atoms with Crippen molar-refractivity contribution >= 4 is 29.9 Å². The number of guanidine groups is 1. The van der Waals surface area contributed by atoms with E-state index in [-0.39, 0.29) is 30.5 Å². The minimum absolute atomic E-state index is 0. The van der Waals surface area contributed by atoms with Crippen molar-refractivity contribution in [2.45, 2.75) is 32.0 Å². The minimum Gasteiger partial charge on any atom is -0.356 e. The fourth-order valence-electron chi connectivity index (χ4n) is 1.22. The quantitative estimate of drug-likeness (QED) is 0.464. The summed E-state index contributed by atoms with van der Waals surface area (Å²) in [5.74, 6) is 1.04. The monoisotopic (exact) mass is 351 g/mol. The summed E-state index contributed by atoms with van der Waals surface area (Å²) in [5.41, 5.74) is 0. The minimum atomic E-state index is -4.11. The average Bonchev–Trinajstić information content (AvgIpc) is 2.78. The van der Waals surface area contributed by atoms with Crippen molar-refractivity contribution in [1.29, 1.82) is 0 Å². The number of nitrogens with zero attached hydrogens (tertiary/aromatic N) is 1. The molecule has 3 nitrogen and oxygen atoms in total. The third-order valence-corrected chi connectivity index (χ3v) is 2.36. The van der Waals surface area contributed by atoms with Crippen molar-refractivity contribution in [2.75, 3.05) is 13.6 Å². The molecule has 0 aromatic heterocycles. The van der Waals surface area contributed by atoms with Crippen molar-refractivity contribution in [3.05, 3.63) is 0 Å². The Kier molecular flexibility index (Phi) is 6.42. The highest BCUT2D eigenvalue weighted by Gasteiger charge is 2.33. The predicted molar refractivity (Wildman–Crippen MR) is 68.2 cm³/mol. The Balaban J connectivity index is 0.00000225. The number of nitrogens with one attached hydrogen (secondary N) is 2. The normalized spacial score (nSPS) is 24.7. The van der Waals surface area contributed by atoms with Crippen molar-refractivity contribution in [3.63, 3.8) is 0 Å². The maximum absolute atomic E-state index is 11.8. The van der Waals surface area contributed by atoms with Gasteiger partial charge in [0.1, 0.15) is 0 Å². The van der Waals surface area contributed by atoms with Crippen LogP contribution in [-0.2, 0) is 0 Å². The summed E-state index contributed by atoms with van der Waals surface area (Å²) < 4.78 is 35.5. The molecule has 0 spiro atoms. The highest BCUT2D eigenvalue weighted by Crippen LogP contribution is 2.28. The number of hydrogen-bond donors (Lipinski definition) is 2. The lowest BCUT2D eigenvalue weighted by molar-refractivity contribution is -0.132. The van der Waals surface area contributed by atoms with Crippen LogP contribution in [0.2, 0.25) is 0 Å². The van der Waals surface area contributed by atoms with Gasteiger partial charge in [0.15, 0.2) is 5.96 Å². The molecule has 0 heterocycles. The first-order chi connectivity index (χ1) is 6.92. The third kappa shape index (κ3) is 6.39. The number of halogens is 4. The van der Waals surface area contributed by atoms with Crippen molar-refractivity contribution < 1.29 is 13.2 Å². The van der Waals surface area contributed by atoms with Crippen molar-refractivity contribution in [1.82, 2.24) is 10.6 Å². The first-order valence-corrected chi connectivity index (χ1v) is 4.96. The number of rotatable bonds is 3. The Morgan fingerprint density at radius 1 is 1.44 bits per heavy atom. The van der Waals surface area contributed by atoms with E-state index in [9.17, 15) is 13.2 Å². The summed E-state index contributed by atoms with van der Waals surface area (Å²) in [7, 11) is 1.55. The number of aliphatic imine (C=N–C) groups is 1. The molecule has 0 radical (unpaired) electrons. The zero-order valence-electron chi connectivity index (χ0n) is 9.27. The smallest absolute Gasteiger partial charge is 0.356 e. The molecule has 0 aromatic carbocycles. The van der Waals surface area contributed by atoms with E-state index in [0.29, 0.717) is 17.9 Å². The van der Waals surface area contributed by atoms with Crippen LogP contribution in [0.25, 0.3) is 0 Å². The Labute approximate surface area is 110 Å². The van der Waals surface area contributed by atoms with Gasteiger partial charge in [0.25, 0.3) is 0 Å². The molecular formula is C9H17F3IN3. The Morgan fingerprint density at radius 3 is 2.38 bits per heavy atom. The molecule has 0 aliphatic heterocycles. The van der Waals surface area contributed by atoms with Gasteiger partial charge in [-0.15, -0.1) is 24.0 Å². The molecule has 0 aromatic rings. The van der Waals surface area contributed by atoms with Crippen LogP contribution in [0.4, 0.5) is 13.2 Å². The van der Waals surface area contributed by atoms with Gasteiger partial charge in [0.2, 0.25) is 0 Å². The fraction of sp³-hybridized carbons (Fsp3) is 0.889. The van der Waals surface area contributed by atoms with Gasteiger partial charge >= 0.3 is 6.18 Å². The molecule has 0 amide bonds. The van der Waals surface area contributed by atoms with Crippen molar-refractivity contribution in [3.8, 4) is 0 Å². The Hall–Kier alpha value is -0.210. The molecule has 2 atom stereocenters. The van der Waals surface area contributed by atoms with Crippen LogP contribution in [0, 0.1) is 5.92 Å². The van der Waals surface area contributed by atoms with Crippen LogP contribution in [0.3, 0.4) is 0 Å². The van der Waals surface area contributed by atoms with E-state index in [4.69, 9.17) is 0 Å². The molecule has 1 saturated carbocycles. The summed E-state index contributed by atoms with van der Waals surface area (Å²) in [6.45, 7) is 1.95. The standard InChI is InChI=1S/C9H16F3N3.HI/c1-6-5-7(6)15-8(13-2)14-4-3-9(10,11)12;/h6-7H,3-5H2,1-2H3,(H2,13,14,15);1H. The topological polar surface area (TPSA) is 36.4 Å². The molecule has 7 heteroatoms. The van der Waals surface area contributed by atoms with Crippen LogP contribution >= 0.6 is 24.0 Å². The van der Waals surface area contributed by atoms with Crippen LogP contribution in [0.15, 0.2) is 4.99 Å². The molecule has 16 heavy (non-hydrogen) atoms. The highest BCUT2D eigenvalue weighted by molar-refractivity contribution is 14.0. The summed E-state index contributed by atoms with van der Waals surface area (Å²) in [6.07, 6.45) is -3.90. The van der Waals surface area contributed by atoms with Crippen LogP contribution < -0.4 is 10.6 Å². The van der Waals surface area contributed by atoms with E-state index in [1.165, 1.54) is 0 Å². The second-order valence-electron chi connectivity index (χ2n) is 3.83. The molecule has 0 bridgehead atoms. The van der Waals surface area contributed by atoms with Gasteiger partial charge in [-0.05, 0) is 12.3 Å². The summed E-state index contributed by atoms with van der Waals surface area (Å²) in [4.78, 5) is 3.85. The van der Waals surface area contributed by atoms with Gasteiger partial charge in [-0.2, -0.15) is 13.2 Å². The van der Waals surface area contributed by atoms with Gasteiger partial charge in [-0.1, -0.05) is 6.92 Å². The van der Waals surface area contributed by atoms with Crippen molar-refractivity contribution in [2.24, 2.45) is 10.9 Å². The predicted octanol–water partition coefficient (Wildman–Crippen LogP) is 2.13. The molecule has 0 saturated heterocycles. The van der Waals surface area contributed by atoms with Crippen LogP contribution in [-0.4, -0.2) is 31.8 Å². The van der Waals surface area contributed by atoms with Gasteiger partial charge in [0.05, 0.1) is 6.42 Å². The van der Waals surface area contributed by atoms with Gasteiger partial charge in [-0.25, -0.2) is 0 Å². The number of hydrogen-bond acceptors (Lipinski definition) is 1. The van der Waals surface area contributed by atoms with Gasteiger partial charge in [0, 0.05) is 19.6 Å². The van der Waals surface area contributed by atoms with E-state index in [1.54, 1.807) is 7.05 Å². The lowest BCUT2D eigenvalue weighted by Crippen LogP contribution is -2.40. The van der Waals surface area contributed by atoms with E-state index in [0.717, 1.165) is 6.42 Å². The molecule has 1 aliphatic rings. The summed E-state index contributed by atoms with van der Waals surface area (Å²) >= 11 is 0. The molecule has 2 unspecified atom stereocenters. The van der Waals surface area contributed by atoms with Gasteiger partial charge < -0.3 is 10.6 Å². The zero-order chi connectivity index (χ0) is 11.5.